The van der Waals surface area contributed by atoms with Crippen LogP contribution in [-0.2, 0) is 36.9 Å². The average molecular weight is 1050 g/mol. The second-order valence-electron chi connectivity index (χ2n) is 19.9. The predicted molar refractivity (Wildman–Crippen MR) is 276 cm³/mol. The third-order valence-corrected chi connectivity index (χ3v) is 15.4. The topological polar surface area (TPSA) is 170 Å². The van der Waals surface area contributed by atoms with Gasteiger partial charge in [0.1, 0.15) is 11.6 Å². The van der Waals surface area contributed by atoms with Gasteiger partial charge in [-0.05, 0) is 87.7 Å². The number of nitrogens with one attached hydrogen (secondary N) is 3. The number of ether oxygens (including phenoxy) is 2. The van der Waals surface area contributed by atoms with Crippen molar-refractivity contribution in [3.05, 3.63) is 66.2 Å². The van der Waals surface area contributed by atoms with Crippen molar-refractivity contribution >= 4 is 92.1 Å². The number of halogens is 3. The third kappa shape index (κ3) is 17.0. The Balaban J connectivity index is 0.000000202. The van der Waals surface area contributed by atoms with E-state index < -0.39 is 5.41 Å². The van der Waals surface area contributed by atoms with Crippen molar-refractivity contribution < 1.29 is 28.7 Å². The molecule has 0 aromatic carbocycles. The highest BCUT2D eigenvalue weighted by Gasteiger charge is 2.31. The molecule has 8 heterocycles. The van der Waals surface area contributed by atoms with E-state index in [1.54, 1.807) is 32.1 Å². The lowest BCUT2D eigenvalue weighted by molar-refractivity contribution is -0.137. The second-order valence-corrected chi connectivity index (χ2v) is 23.8. The normalized spacial score (nSPS) is 17.9. The van der Waals surface area contributed by atoms with Gasteiger partial charge in [0.15, 0.2) is 0 Å². The molecule has 4 aromatic heterocycles. The molecule has 4 aliphatic rings. The van der Waals surface area contributed by atoms with Crippen LogP contribution in [-0.4, -0.2) is 154 Å². The van der Waals surface area contributed by atoms with Crippen molar-refractivity contribution in [3.63, 3.8) is 0 Å². The smallest absolute Gasteiger partial charge is 0.254 e. The molecule has 0 bridgehead atoms. The zero-order valence-corrected chi connectivity index (χ0v) is 44.7. The van der Waals surface area contributed by atoms with Crippen LogP contribution < -0.4 is 10.6 Å². The lowest BCUT2D eigenvalue weighted by Gasteiger charge is -2.33. The van der Waals surface area contributed by atoms with E-state index in [4.69, 9.17) is 49.4 Å². The van der Waals surface area contributed by atoms with Crippen LogP contribution in [0, 0.1) is 10.8 Å². The molecule has 21 heteroatoms. The summed E-state index contributed by atoms with van der Waals surface area (Å²) < 4.78 is 13.7. The summed E-state index contributed by atoms with van der Waals surface area (Å²) in [6.07, 6.45) is 3.91. The molecule has 3 N–H and O–H groups in total. The number of aromatic nitrogens is 4. The maximum absolute atomic E-state index is 13.1. The van der Waals surface area contributed by atoms with Crippen LogP contribution in [0.4, 0.5) is 11.6 Å². The molecule has 69 heavy (non-hydrogen) atoms. The number of hydrogen-bond acceptors (Lipinski definition) is 14. The van der Waals surface area contributed by atoms with Gasteiger partial charge >= 0.3 is 0 Å². The Morgan fingerprint density at radius 1 is 0.681 bits per heavy atom. The number of thiophene rings is 2. The number of piperidine rings is 2. The molecule has 8 rings (SSSR count). The van der Waals surface area contributed by atoms with Crippen molar-refractivity contribution in [1.29, 1.82) is 0 Å². The minimum Gasteiger partial charge on any atom is -0.378 e. The predicted octanol–water partition coefficient (Wildman–Crippen LogP) is 8.51. The van der Waals surface area contributed by atoms with Crippen molar-refractivity contribution in [3.8, 4) is 0 Å². The van der Waals surface area contributed by atoms with E-state index in [0.29, 0.717) is 70.9 Å². The minimum atomic E-state index is -0.546. The third-order valence-electron chi connectivity index (χ3n) is 12.4. The van der Waals surface area contributed by atoms with E-state index in [2.05, 4.69) is 36.7 Å². The molecule has 0 atom stereocenters. The summed E-state index contributed by atoms with van der Waals surface area (Å²) in [4.78, 5) is 58.9. The van der Waals surface area contributed by atoms with Crippen LogP contribution in [0.5, 0.6) is 0 Å². The molecular formula is C48H69Cl3N10O6S2. The molecule has 0 saturated carbocycles. The number of carbonyl (C=O) groups excluding carboxylic acids is 4. The highest BCUT2D eigenvalue weighted by atomic mass is 35.5. The molecule has 0 unspecified atom stereocenters. The van der Waals surface area contributed by atoms with Crippen molar-refractivity contribution in [2.75, 3.05) is 103 Å². The number of morpholine rings is 2. The maximum atomic E-state index is 13.1. The summed E-state index contributed by atoms with van der Waals surface area (Å²) >= 11 is 20.2. The van der Waals surface area contributed by atoms with Crippen molar-refractivity contribution in [2.45, 2.75) is 92.2 Å². The fourth-order valence-corrected chi connectivity index (χ4v) is 10.1. The van der Waals surface area contributed by atoms with Crippen LogP contribution in [0.1, 0.15) is 105 Å². The van der Waals surface area contributed by atoms with Gasteiger partial charge in [0, 0.05) is 76.4 Å². The number of anilines is 2. The zero-order chi connectivity index (χ0) is 49.7. The second kappa shape index (κ2) is 25.7. The number of nitrogens with zero attached hydrogens (tertiary/aromatic N) is 7. The lowest BCUT2D eigenvalue weighted by atomic mass is 9.93. The number of rotatable bonds is 12. The summed E-state index contributed by atoms with van der Waals surface area (Å²) in [5.41, 5.74) is 1.19. The molecular weight excluding hydrogens is 983 g/mol. The number of amides is 2. The zero-order valence-electron chi connectivity index (χ0n) is 40.8. The Labute approximate surface area is 429 Å². The van der Waals surface area contributed by atoms with Gasteiger partial charge in [-0.1, -0.05) is 64.7 Å². The van der Waals surface area contributed by atoms with E-state index in [-0.39, 0.29) is 34.3 Å². The van der Waals surface area contributed by atoms with Gasteiger partial charge in [-0.2, -0.15) is 14.9 Å². The summed E-state index contributed by atoms with van der Waals surface area (Å²) in [6, 6.07) is 11.9. The van der Waals surface area contributed by atoms with Gasteiger partial charge in [-0.25, -0.2) is 0 Å². The highest BCUT2D eigenvalue weighted by Crippen LogP contribution is 2.32. The Kier molecular flexibility index (Phi) is 20.4. The molecule has 380 valence electrons. The minimum absolute atomic E-state index is 0.0426. The van der Waals surface area contributed by atoms with Crippen molar-refractivity contribution in [1.82, 2.24) is 39.6 Å². The van der Waals surface area contributed by atoms with Gasteiger partial charge in [-0.15, -0.1) is 22.7 Å². The van der Waals surface area contributed by atoms with Crippen LogP contribution in [0.3, 0.4) is 0 Å². The van der Waals surface area contributed by atoms with Gasteiger partial charge in [0.05, 0.1) is 67.0 Å². The first-order valence-corrected chi connectivity index (χ1v) is 26.6. The quantitative estimate of drug-likeness (QED) is 0.116. The highest BCUT2D eigenvalue weighted by molar-refractivity contribution is 7.16. The Morgan fingerprint density at radius 2 is 1.14 bits per heavy atom. The summed E-state index contributed by atoms with van der Waals surface area (Å²) in [5.74, 6) is 2.67. The van der Waals surface area contributed by atoms with Crippen molar-refractivity contribution in [2.24, 2.45) is 10.8 Å². The van der Waals surface area contributed by atoms with Gasteiger partial charge in [-0.3, -0.25) is 34.1 Å². The lowest BCUT2D eigenvalue weighted by Crippen LogP contribution is -2.47. The fraction of sp³-hybridized carbons (Fsp3) is 0.625. The fourth-order valence-electron chi connectivity index (χ4n) is 8.08. The van der Waals surface area contributed by atoms with E-state index in [9.17, 15) is 19.2 Å². The van der Waals surface area contributed by atoms with Gasteiger partial charge in [0.25, 0.3) is 5.91 Å². The van der Waals surface area contributed by atoms with Crippen LogP contribution in [0.25, 0.3) is 0 Å². The van der Waals surface area contributed by atoms with E-state index >= 15 is 0 Å². The Hall–Kier alpha value is -3.59. The first kappa shape index (κ1) is 54.7. The van der Waals surface area contributed by atoms with Gasteiger partial charge < -0.3 is 29.9 Å². The molecule has 4 aromatic rings. The molecule has 16 nitrogen and oxygen atoms in total. The molecule has 4 aliphatic heterocycles. The average Bonchev–Trinajstić information content (AvgIpc) is 4.16. The van der Waals surface area contributed by atoms with Gasteiger partial charge in [0.2, 0.25) is 17.1 Å². The number of H-pyrrole nitrogens is 1. The number of hydrogen-bond donors (Lipinski definition) is 3. The number of carbonyl (C=O) groups is 4. The summed E-state index contributed by atoms with van der Waals surface area (Å²) in [6.45, 7) is 22.3. The molecule has 0 radical (unpaired) electrons. The first-order chi connectivity index (χ1) is 32.8. The maximum Gasteiger partial charge on any atom is 0.254 e. The summed E-state index contributed by atoms with van der Waals surface area (Å²) in [5, 5.41) is 18.8. The monoisotopic (exact) mass is 1050 g/mol. The SMILES string of the molecule is CC(C)(C)C(=O)Cl.CC(C)(C)C(=O)n1nc(C2CCN(CC(=O)N3CCOCC3)CC2)cc1NCc1ccc(Cl)s1.O=C(CN1CCC(c2cc(NCc3ccc(Cl)s3)n[nH]2)CC1)N1CCOCC1. The number of likely N-dealkylation sites (tertiary alicyclic amines) is 2. The molecule has 2 amide bonds. The molecule has 0 aliphatic carbocycles. The molecule has 4 saturated heterocycles. The van der Waals surface area contributed by atoms with Crippen LogP contribution >= 0.6 is 57.5 Å². The molecule has 4 fully saturated rings. The first-order valence-electron chi connectivity index (χ1n) is 23.8. The van der Waals surface area contributed by atoms with E-state index in [1.165, 1.54) is 26.6 Å². The Morgan fingerprint density at radius 3 is 1.58 bits per heavy atom. The van der Waals surface area contributed by atoms with Crippen LogP contribution in [0.15, 0.2) is 36.4 Å². The number of aromatic amines is 1. The van der Waals surface area contributed by atoms with E-state index in [0.717, 1.165) is 96.6 Å². The van der Waals surface area contributed by atoms with Crippen LogP contribution in [0.2, 0.25) is 8.67 Å². The van der Waals surface area contributed by atoms with E-state index in [1.807, 2.05) is 60.9 Å². The summed E-state index contributed by atoms with van der Waals surface area (Å²) in [7, 11) is 0. The Bertz CT molecular complexity index is 2280. The standard InChI is InChI=1S/C24H34ClN5O3S.C19H26ClN5O2S.C5H9ClO/c1-24(2,3)23(32)30-21(26-15-18-4-5-20(25)34-18)14-19(27-30)17-6-8-28(9-7-17)16-22(31)29-10-12-33-13-11-29;20-17-2-1-15(28-17)12-21-18-11-16(22-23-18)14-3-5-24(6-4-14)13-19(26)25-7-9-27-10-8-25;1-5(2,3)4(6)7/h4-5,14,17,26H,6-13,15-16H2,1-3H3;1-2,11,14H,3-10,12-13H2,(H2,21,22,23);1-3H3. The largest absolute Gasteiger partial charge is 0.378 e. The molecule has 0 spiro atoms.